The SMILES string of the molecule is O=C(OCc1ccccc1)c1ccc(F)[c]2c1C[CH2][V]2. The van der Waals surface area contributed by atoms with Crippen LogP contribution in [-0.4, -0.2) is 5.97 Å². The van der Waals surface area contributed by atoms with Gasteiger partial charge in [-0.15, -0.1) is 0 Å². The minimum atomic E-state index is -0.354. The first kappa shape index (κ1) is 13.4. The van der Waals surface area contributed by atoms with Crippen LogP contribution >= 0.6 is 0 Å². The van der Waals surface area contributed by atoms with Gasteiger partial charge >= 0.3 is 124 Å². The molecular formula is C16H13FO2V. The Kier molecular flexibility index (Phi) is 3.90. The molecule has 0 fully saturated rings. The second-order valence-corrected chi connectivity index (χ2v) is 6.51. The van der Waals surface area contributed by atoms with E-state index >= 15 is 0 Å². The number of fused-ring (bicyclic) bond motifs is 1. The molecule has 2 nitrogen and oxygen atoms in total. The number of esters is 1. The van der Waals surface area contributed by atoms with Crippen LogP contribution in [-0.2, 0) is 34.1 Å². The monoisotopic (exact) mass is 307 g/mol. The molecule has 1 aliphatic heterocycles. The van der Waals surface area contributed by atoms with Crippen molar-refractivity contribution in [2.75, 3.05) is 0 Å². The first-order chi connectivity index (χ1) is 9.75. The van der Waals surface area contributed by atoms with Crippen LogP contribution in [0.4, 0.5) is 4.39 Å². The summed E-state index contributed by atoms with van der Waals surface area (Å²) in [5, 5.41) is 0.992. The topological polar surface area (TPSA) is 26.3 Å². The van der Waals surface area contributed by atoms with Crippen LogP contribution in [0.1, 0.15) is 21.5 Å². The Morgan fingerprint density at radius 2 is 2.00 bits per heavy atom. The molecule has 0 amide bonds. The number of rotatable bonds is 3. The Bertz CT molecular complexity index is 640. The zero-order valence-corrected chi connectivity index (χ0v) is 12.2. The summed E-state index contributed by atoms with van der Waals surface area (Å²) in [4.78, 5) is 12.2. The van der Waals surface area contributed by atoms with E-state index in [0.717, 1.165) is 27.0 Å². The summed E-state index contributed by atoms with van der Waals surface area (Å²) in [6, 6.07) is 12.5. The van der Waals surface area contributed by atoms with E-state index in [-0.39, 0.29) is 34.7 Å². The van der Waals surface area contributed by atoms with Crippen molar-refractivity contribution in [2.45, 2.75) is 18.2 Å². The third kappa shape index (κ3) is 2.65. The van der Waals surface area contributed by atoms with E-state index in [0.29, 0.717) is 5.56 Å². The molecule has 0 unspecified atom stereocenters. The average molecular weight is 307 g/mol. The third-order valence-electron chi connectivity index (χ3n) is 3.30. The molecule has 0 aliphatic carbocycles. The van der Waals surface area contributed by atoms with Crippen LogP contribution in [0.2, 0.25) is 5.13 Å². The number of ether oxygens (including phenoxy) is 1. The number of carbonyl (C=O) groups excluding carboxylic acids is 1. The van der Waals surface area contributed by atoms with Crippen LogP contribution < -0.4 is 4.28 Å². The fourth-order valence-corrected chi connectivity index (χ4v) is 4.19. The van der Waals surface area contributed by atoms with Gasteiger partial charge in [0.15, 0.2) is 0 Å². The summed E-state index contributed by atoms with van der Waals surface area (Å²) in [6.07, 6.45) is 0.795. The first-order valence-corrected chi connectivity index (χ1v) is 8.14. The van der Waals surface area contributed by atoms with E-state index in [1.807, 2.05) is 30.3 Å². The van der Waals surface area contributed by atoms with E-state index in [9.17, 15) is 9.18 Å². The molecule has 0 saturated heterocycles. The van der Waals surface area contributed by atoms with Gasteiger partial charge in [-0.1, -0.05) is 0 Å². The van der Waals surface area contributed by atoms with Crippen molar-refractivity contribution < 1.29 is 30.2 Å². The van der Waals surface area contributed by atoms with E-state index < -0.39 is 0 Å². The number of halogens is 1. The predicted octanol–water partition coefficient (Wildman–Crippen LogP) is 2.86. The Hall–Kier alpha value is -1.58. The van der Waals surface area contributed by atoms with Gasteiger partial charge in [-0.25, -0.2) is 0 Å². The van der Waals surface area contributed by atoms with Crippen LogP contribution in [0.15, 0.2) is 42.5 Å². The van der Waals surface area contributed by atoms with Gasteiger partial charge in [-0.2, -0.15) is 0 Å². The summed E-state index contributed by atoms with van der Waals surface area (Å²) in [6.45, 7) is 0.250. The van der Waals surface area contributed by atoms with E-state index in [2.05, 4.69) is 0 Å². The van der Waals surface area contributed by atoms with Crippen molar-refractivity contribution in [1.82, 2.24) is 0 Å². The van der Waals surface area contributed by atoms with Crippen molar-refractivity contribution in [1.29, 1.82) is 0 Å². The summed E-state index contributed by atoms with van der Waals surface area (Å²) in [5.41, 5.74) is 2.35. The maximum absolute atomic E-state index is 13.7. The molecule has 0 N–H and O–H groups in total. The molecule has 2 aromatic rings. The van der Waals surface area contributed by atoms with E-state index in [4.69, 9.17) is 4.74 Å². The molecule has 0 saturated carbocycles. The van der Waals surface area contributed by atoms with E-state index in [1.165, 1.54) is 6.07 Å². The first-order valence-electron chi connectivity index (χ1n) is 6.45. The fourth-order valence-electron chi connectivity index (χ4n) is 2.30. The second kappa shape index (κ2) is 5.82. The zero-order valence-electron chi connectivity index (χ0n) is 10.8. The quantitative estimate of drug-likeness (QED) is 0.815. The summed E-state index contributed by atoms with van der Waals surface area (Å²) >= 11 is -0.133. The molecule has 101 valence electrons. The number of hydrogen-bond donors (Lipinski definition) is 0. The van der Waals surface area contributed by atoms with Gasteiger partial charge in [-0.05, 0) is 0 Å². The van der Waals surface area contributed by atoms with Crippen molar-refractivity contribution in [3.63, 3.8) is 0 Å². The standard InChI is InChI=1S/C16H13FO2.V/c1-2-13-10-14(17)8-9-15(13)16(18)19-11-12-6-4-3-5-7-12;/h3-9H,1-2,11H2;. The number of benzene rings is 2. The molecule has 0 spiro atoms. The van der Waals surface area contributed by atoms with Gasteiger partial charge in [0.2, 0.25) is 0 Å². The Labute approximate surface area is 124 Å². The van der Waals surface area contributed by atoms with Gasteiger partial charge in [-0.3, -0.25) is 0 Å². The van der Waals surface area contributed by atoms with Gasteiger partial charge in [0.25, 0.3) is 0 Å². The van der Waals surface area contributed by atoms with Crippen LogP contribution in [0, 0.1) is 5.82 Å². The fraction of sp³-hybridized carbons (Fsp3) is 0.188. The molecule has 1 heterocycles. The Morgan fingerprint density at radius 3 is 2.80 bits per heavy atom. The van der Waals surface area contributed by atoms with Crippen molar-refractivity contribution in [3.8, 4) is 0 Å². The third-order valence-corrected chi connectivity index (χ3v) is 5.25. The van der Waals surface area contributed by atoms with Crippen LogP contribution in [0.25, 0.3) is 0 Å². The second-order valence-electron chi connectivity index (χ2n) is 4.62. The summed E-state index contributed by atoms with van der Waals surface area (Å²) < 4.78 is 19.8. The molecule has 0 aromatic heterocycles. The molecule has 2 aromatic carbocycles. The van der Waals surface area contributed by atoms with Gasteiger partial charge in [0.05, 0.1) is 0 Å². The molecule has 1 aliphatic rings. The van der Waals surface area contributed by atoms with Crippen LogP contribution in [0.3, 0.4) is 0 Å². The molecule has 3 rings (SSSR count). The van der Waals surface area contributed by atoms with Gasteiger partial charge < -0.3 is 0 Å². The molecule has 4 heteroatoms. The zero-order chi connectivity index (χ0) is 13.9. The van der Waals surface area contributed by atoms with Gasteiger partial charge in [0.1, 0.15) is 0 Å². The summed E-state index contributed by atoms with van der Waals surface area (Å²) in [5.74, 6) is -0.523. The molecule has 0 bridgehead atoms. The maximum atomic E-state index is 13.7. The Morgan fingerprint density at radius 1 is 1.20 bits per heavy atom. The number of carbonyl (C=O) groups is 1. The van der Waals surface area contributed by atoms with Crippen molar-refractivity contribution in [2.24, 2.45) is 0 Å². The van der Waals surface area contributed by atoms with E-state index in [1.54, 1.807) is 6.07 Å². The minimum absolute atomic E-state index is 0.133. The molecule has 0 radical (unpaired) electrons. The summed E-state index contributed by atoms with van der Waals surface area (Å²) in [7, 11) is 0. The molecule has 0 atom stereocenters. The normalized spacial score (nSPS) is 12.7. The van der Waals surface area contributed by atoms with Crippen molar-refractivity contribution >= 4 is 10.2 Å². The Balaban J connectivity index is 1.77. The predicted molar refractivity (Wildman–Crippen MR) is 70.1 cm³/mol. The number of hydrogen-bond acceptors (Lipinski definition) is 2. The average Bonchev–Trinajstić information content (AvgIpc) is 2.96. The van der Waals surface area contributed by atoms with Crippen LogP contribution in [0.5, 0.6) is 0 Å². The van der Waals surface area contributed by atoms with Gasteiger partial charge in [0, 0.05) is 0 Å². The molecule has 20 heavy (non-hydrogen) atoms. The van der Waals surface area contributed by atoms with Crippen molar-refractivity contribution in [3.05, 3.63) is 65.0 Å². The molecular weight excluding hydrogens is 294 g/mol.